The van der Waals surface area contributed by atoms with Crippen molar-refractivity contribution < 1.29 is 9.90 Å². The molecule has 1 aromatic carbocycles. The summed E-state index contributed by atoms with van der Waals surface area (Å²) in [5.74, 6) is 0.281. The molecular formula is C19H26N2O2. The van der Waals surface area contributed by atoms with Gasteiger partial charge in [0.2, 0.25) is 5.91 Å². The van der Waals surface area contributed by atoms with Gasteiger partial charge in [0.25, 0.3) is 0 Å². The van der Waals surface area contributed by atoms with Crippen molar-refractivity contribution in [3.63, 3.8) is 0 Å². The second kappa shape index (κ2) is 7.55. The second-order valence-electron chi connectivity index (χ2n) is 6.42. The van der Waals surface area contributed by atoms with Gasteiger partial charge in [0.15, 0.2) is 0 Å². The van der Waals surface area contributed by atoms with E-state index in [0.29, 0.717) is 18.8 Å². The van der Waals surface area contributed by atoms with Gasteiger partial charge in [-0.15, -0.1) is 0 Å². The largest absolute Gasteiger partial charge is 0.396 e. The van der Waals surface area contributed by atoms with E-state index in [2.05, 4.69) is 24.1 Å². The minimum absolute atomic E-state index is 0.00141. The molecule has 0 saturated heterocycles. The maximum absolute atomic E-state index is 12.4. The van der Waals surface area contributed by atoms with Gasteiger partial charge in [-0.3, -0.25) is 9.78 Å². The summed E-state index contributed by atoms with van der Waals surface area (Å²) in [6.45, 7) is 8.19. The lowest BCUT2D eigenvalue weighted by molar-refractivity contribution is -0.121. The number of pyridine rings is 1. The van der Waals surface area contributed by atoms with E-state index in [1.807, 2.05) is 38.1 Å². The third kappa shape index (κ3) is 4.08. The molecule has 4 heteroatoms. The Labute approximate surface area is 137 Å². The Hall–Kier alpha value is -1.94. The van der Waals surface area contributed by atoms with E-state index in [0.717, 1.165) is 27.7 Å². The molecule has 0 aliphatic carbocycles. The number of hydrogen-bond donors (Lipinski definition) is 2. The lowest BCUT2D eigenvalue weighted by Gasteiger charge is -2.22. The van der Waals surface area contributed by atoms with Crippen LogP contribution >= 0.6 is 0 Å². The van der Waals surface area contributed by atoms with Crippen molar-refractivity contribution >= 4 is 16.8 Å². The summed E-state index contributed by atoms with van der Waals surface area (Å²) in [6.07, 6.45) is 0.904. The van der Waals surface area contributed by atoms with E-state index in [1.54, 1.807) is 0 Å². The van der Waals surface area contributed by atoms with Crippen molar-refractivity contribution in [1.82, 2.24) is 10.3 Å². The lowest BCUT2D eigenvalue weighted by Crippen LogP contribution is -2.40. The maximum atomic E-state index is 12.4. The van der Waals surface area contributed by atoms with Crippen LogP contribution in [0.15, 0.2) is 24.3 Å². The molecule has 1 atom stereocenters. The Morgan fingerprint density at radius 3 is 2.61 bits per heavy atom. The number of rotatable bonds is 6. The molecule has 0 saturated carbocycles. The first kappa shape index (κ1) is 17.4. The number of carbonyl (C=O) groups is 1. The van der Waals surface area contributed by atoms with Crippen LogP contribution in [-0.2, 0) is 11.2 Å². The molecule has 124 valence electrons. The van der Waals surface area contributed by atoms with E-state index in [4.69, 9.17) is 5.11 Å². The van der Waals surface area contributed by atoms with Crippen LogP contribution in [0.5, 0.6) is 0 Å². The molecule has 0 bridgehead atoms. The molecule has 0 aliphatic heterocycles. The lowest BCUT2D eigenvalue weighted by atomic mass is 9.98. The van der Waals surface area contributed by atoms with Gasteiger partial charge < -0.3 is 10.4 Å². The molecule has 23 heavy (non-hydrogen) atoms. The van der Waals surface area contributed by atoms with Gasteiger partial charge in [-0.2, -0.15) is 0 Å². The number of aliphatic hydroxyl groups is 1. The predicted molar refractivity (Wildman–Crippen MR) is 93.4 cm³/mol. The van der Waals surface area contributed by atoms with E-state index in [1.165, 1.54) is 0 Å². The van der Waals surface area contributed by atoms with Crippen LogP contribution in [0.4, 0.5) is 0 Å². The van der Waals surface area contributed by atoms with Gasteiger partial charge in [-0.25, -0.2) is 0 Å². The number of aromatic nitrogens is 1. The molecule has 2 N–H and O–H groups in total. The minimum Gasteiger partial charge on any atom is -0.396 e. The average Bonchev–Trinajstić information content (AvgIpc) is 2.51. The van der Waals surface area contributed by atoms with Crippen molar-refractivity contribution in [2.24, 2.45) is 5.92 Å². The Morgan fingerprint density at radius 2 is 1.96 bits per heavy atom. The Bertz CT molecular complexity index is 695. The summed E-state index contributed by atoms with van der Waals surface area (Å²) in [5.41, 5.74) is 3.98. The smallest absolute Gasteiger partial charge is 0.224 e. The molecule has 1 amide bonds. The first-order chi connectivity index (χ1) is 10.9. The zero-order valence-electron chi connectivity index (χ0n) is 14.4. The van der Waals surface area contributed by atoms with Crippen LogP contribution in [0.25, 0.3) is 10.9 Å². The average molecular weight is 314 g/mol. The van der Waals surface area contributed by atoms with E-state index < -0.39 is 0 Å². The van der Waals surface area contributed by atoms with Crippen LogP contribution in [0.2, 0.25) is 0 Å². The number of aryl methyl sites for hydroxylation is 2. The predicted octanol–water partition coefficient (Wildman–Crippen LogP) is 2.92. The monoisotopic (exact) mass is 314 g/mol. The highest BCUT2D eigenvalue weighted by Gasteiger charge is 2.18. The van der Waals surface area contributed by atoms with E-state index in [9.17, 15) is 4.79 Å². The number of nitrogens with one attached hydrogen (secondary N) is 1. The van der Waals surface area contributed by atoms with E-state index >= 15 is 0 Å². The Kier molecular flexibility index (Phi) is 5.72. The summed E-state index contributed by atoms with van der Waals surface area (Å²) in [4.78, 5) is 17.0. The molecule has 2 rings (SSSR count). The molecule has 0 fully saturated rings. The molecule has 1 aromatic heterocycles. The number of hydrogen-bond acceptors (Lipinski definition) is 3. The SMILES string of the molecule is Cc1nc2ccccc2c(C)c1CC(=O)NC(CCO)C(C)C. The number of nitrogens with zero attached hydrogens (tertiary/aromatic N) is 1. The van der Waals surface area contributed by atoms with Crippen molar-refractivity contribution in [1.29, 1.82) is 0 Å². The second-order valence-corrected chi connectivity index (χ2v) is 6.42. The number of fused-ring (bicyclic) bond motifs is 1. The molecule has 4 nitrogen and oxygen atoms in total. The van der Waals surface area contributed by atoms with Crippen molar-refractivity contribution in [3.05, 3.63) is 41.1 Å². The number of aliphatic hydroxyl groups excluding tert-OH is 1. The molecule has 1 unspecified atom stereocenters. The van der Waals surface area contributed by atoms with Gasteiger partial charge in [0.05, 0.1) is 11.9 Å². The fourth-order valence-electron chi connectivity index (χ4n) is 2.96. The topological polar surface area (TPSA) is 62.2 Å². The van der Waals surface area contributed by atoms with E-state index in [-0.39, 0.29) is 18.6 Å². The highest BCUT2D eigenvalue weighted by atomic mass is 16.3. The van der Waals surface area contributed by atoms with Gasteiger partial charge in [-0.05, 0) is 43.4 Å². The van der Waals surface area contributed by atoms with Crippen molar-refractivity contribution in [2.75, 3.05) is 6.61 Å². The molecule has 2 aromatic rings. The van der Waals surface area contributed by atoms with Crippen LogP contribution in [0.3, 0.4) is 0 Å². The number of amides is 1. The third-order valence-electron chi connectivity index (χ3n) is 4.41. The van der Waals surface area contributed by atoms with Gasteiger partial charge in [0.1, 0.15) is 0 Å². The van der Waals surface area contributed by atoms with Gasteiger partial charge in [0, 0.05) is 23.7 Å². The Balaban J connectivity index is 2.22. The van der Waals surface area contributed by atoms with Gasteiger partial charge in [-0.1, -0.05) is 32.0 Å². The first-order valence-electron chi connectivity index (χ1n) is 8.19. The summed E-state index contributed by atoms with van der Waals surface area (Å²) < 4.78 is 0. The van der Waals surface area contributed by atoms with Gasteiger partial charge >= 0.3 is 0 Å². The molecular weight excluding hydrogens is 288 g/mol. The maximum Gasteiger partial charge on any atom is 0.224 e. The molecule has 0 radical (unpaired) electrons. The first-order valence-corrected chi connectivity index (χ1v) is 8.19. The highest BCUT2D eigenvalue weighted by molar-refractivity contribution is 5.86. The quantitative estimate of drug-likeness (QED) is 0.862. The number of benzene rings is 1. The fraction of sp³-hybridized carbons (Fsp3) is 0.474. The highest BCUT2D eigenvalue weighted by Crippen LogP contribution is 2.23. The molecule has 1 heterocycles. The third-order valence-corrected chi connectivity index (χ3v) is 4.41. The fourth-order valence-corrected chi connectivity index (χ4v) is 2.96. The van der Waals surface area contributed by atoms with Crippen molar-refractivity contribution in [2.45, 2.75) is 46.6 Å². The number of carbonyl (C=O) groups excluding carboxylic acids is 1. The summed E-state index contributed by atoms with van der Waals surface area (Å²) in [7, 11) is 0. The van der Waals surface area contributed by atoms with Crippen LogP contribution in [0.1, 0.15) is 37.1 Å². The summed E-state index contributed by atoms with van der Waals surface area (Å²) in [6, 6.07) is 8.01. The van der Waals surface area contributed by atoms with Crippen LogP contribution < -0.4 is 5.32 Å². The van der Waals surface area contributed by atoms with Crippen LogP contribution in [0, 0.1) is 19.8 Å². The Morgan fingerprint density at radius 1 is 1.26 bits per heavy atom. The number of para-hydroxylation sites is 1. The standard InChI is InChI=1S/C19H26N2O2/c1-12(2)17(9-10-22)21-19(23)11-16-13(3)15-7-5-6-8-18(15)20-14(16)4/h5-8,12,17,22H,9-11H2,1-4H3,(H,21,23). The molecule has 0 aliphatic rings. The minimum atomic E-state index is -0.0135. The molecule has 0 spiro atoms. The van der Waals surface area contributed by atoms with Crippen LogP contribution in [-0.4, -0.2) is 28.6 Å². The normalized spacial score (nSPS) is 12.6. The summed E-state index contributed by atoms with van der Waals surface area (Å²) in [5, 5.41) is 13.3. The van der Waals surface area contributed by atoms with Crippen molar-refractivity contribution in [3.8, 4) is 0 Å². The zero-order chi connectivity index (χ0) is 17.0. The summed E-state index contributed by atoms with van der Waals surface area (Å²) >= 11 is 0. The zero-order valence-corrected chi connectivity index (χ0v) is 14.4.